The summed E-state index contributed by atoms with van der Waals surface area (Å²) in [7, 11) is 0. The molecule has 1 amide bonds. The van der Waals surface area contributed by atoms with Crippen molar-refractivity contribution >= 4 is 5.91 Å². The van der Waals surface area contributed by atoms with Gasteiger partial charge in [-0.2, -0.15) is 10.4 Å². The van der Waals surface area contributed by atoms with Gasteiger partial charge in [0.2, 0.25) is 5.91 Å². The number of carbonyl (C=O) groups is 1. The average molecular weight is 249 g/mol. The van der Waals surface area contributed by atoms with Crippen LogP contribution in [0.5, 0.6) is 0 Å². The predicted octanol–water partition coefficient (Wildman–Crippen LogP) is 1.53. The molecule has 0 atom stereocenters. The molecule has 1 heterocycles. The highest BCUT2D eigenvalue weighted by Crippen LogP contribution is 2.29. The van der Waals surface area contributed by atoms with Gasteiger partial charge in [-0.1, -0.05) is 26.7 Å². The Bertz CT molecular complexity index is 401. The molecule has 0 radical (unpaired) electrons. The molecule has 6 nitrogen and oxygen atoms in total. The van der Waals surface area contributed by atoms with Crippen molar-refractivity contribution < 1.29 is 4.79 Å². The van der Waals surface area contributed by atoms with Crippen molar-refractivity contribution in [1.29, 1.82) is 5.26 Å². The lowest BCUT2D eigenvalue weighted by molar-refractivity contribution is -0.129. The summed E-state index contributed by atoms with van der Waals surface area (Å²) < 4.78 is 0. The van der Waals surface area contributed by atoms with Crippen LogP contribution >= 0.6 is 0 Å². The van der Waals surface area contributed by atoms with Crippen LogP contribution in [0.1, 0.15) is 45.4 Å². The van der Waals surface area contributed by atoms with Crippen LogP contribution in [0.2, 0.25) is 0 Å². The summed E-state index contributed by atoms with van der Waals surface area (Å²) >= 11 is 0. The summed E-state index contributed by atoms with van der Waals surface area (Å²) in [4.78, 5) is 16.1. The normalized spacial score (nSPS) is 10.9. The molecule has 0 aliphatic rings. The molecule has 1 aromatic rings. The third-order valence-electron chi connectivity index (χ3n) is 2.88. The Morgan fingerprint density at radius 3 is 2.61 bits per heavy atom. The fourth-order valence-electron chi connectivity index (χ4n) is 2.02. The third kappa shape index (κ3) is 3.29. The smallest absolute Gasteiger partial charge is 0.240 e. The van der Waals surface area contributed by atoms with E-state index in [0.717, 1.165) is 12.8 Å². The molecule has 0 aliphatic carbocycles. The number of H-pyrrole nitrogens is 1. The number of nitrogens with zero attached hydrogens (tertiary/aromatic N) is 3. The maximum absolute atomic E-state index is 12.2. The molecule has 0 saturated carbocycles. The minimum atomic E-state index is -0.913. The molecular weight excluding hydrogens is 230 g/mol. The van der Waals surface area contributed by atoms with Gasteiger partial charge in [-0.15, -0.1) is 0 Å². The van der Waals surface area contributed by atoms with Crippen LogP contribution in [0.4, 0.5) is 0 Å². The van der Waals surface area contributed by atoms with E-state index in [1.165, 1.54) is 6.33 Å². The summed E-state index contributed by atoms with van der Waals surface area (Å²) in [5.41, 5.74) is -0.913. The van der Waals surface area contributed by atoms with Crippen LogP contribution in [-0.4, -0.2) is 21.1 Å². The van der Waals surface area contributed by atoms with Gasteiger partial charge in [-0.3, -0.25) is 9.89 Å². The molecule has 0 saturated heterocycles. The zero-order valence-corrected chi connectivity index (χ0v) is 10.9. The van der Waals surface area contributed by atoms with Gasteiger partial charge in [0.1, 0.15) is 17.6 Å². The zero-order valence-electron chi connectivity index (χ0n) is 10.9. The summed E-state index contributed by atoms with van der Waals surface area (Å²) in [6.07, 6.45) is 4.17. The first-order valence-electron chi connectivity index (χ1n) is 6.22. The highest BCUT2D eigenvalue weighted by Gasteiger charge is 2.36. The van der Waals surface area contributed by atoms with Crippen molar-refractivity contribution in [3.63, 3.8) is 0 Å². The van der Waals surface area contributed by atoms with Crippen molar-refractivity contribution in [2.75, 3.05) is 0 Å². The maximum Gasteiger partial charge on any atom is 0.240 e. The molecule has 0 bridgehead atoms. The molecule has 18 heavy (non-hydrogen) atoms. The molecule has 0 fully saturated rings. The molecule has 0 aliphatic heterocycles. The van der Waals surface area contributed by atoms with Crippen LogP contribution in [0.3, 0.4) is 0 Å². The van der Waals surface area contributed by atoms with Gasteiger partial charge in [0.15, 0.2) is 0 Å². The average Bonchev–Trinajstić information content (AvgIpc) is 2.88. The number of aromatic amines is 1. The standard InChI is InChI=1S/C12H19N5O/c1-3-5-12(8-13,6-4-2)11(18)14-7-10-15-9-16-17-10/h9H,3-7H2,1-2H3,(H,14,18)(H,15,16,17). The Hall–Kier alpha value is -1.90. The molecule has 0 unspecified atom stereocenters. The lowest BCUT2D eigenvalue weighted by Gasteiger charge is -2.24. The second-order valence-corrected chi connectivity index (χ2v) is 4.31. The van der Waals surface area contributed by atoms with E-state index in [1.807, 2.05) is 13.8 Å². The summed E-state index contributed by atoms with van der Waals surface area (Å²) in [6.45, 7) is 4.23. The van der Waals surface area contributed by atoms with Crippen molar-refractivity contribution in [1.82, 2.24) is 20.5 Å². The Morgan fingerprint density at radius 2 is 2.17 bits per heavy atom. The van der Waals surface area contributed by atoms with E-state index in [2.05, 4.69) is 26.6 Å². The molecule has 1 aromatic heterocycles. The van der Waals surface area contributed by atoms with E-state index >= 15 is 0 Å². The molecule has 1 rings (SSSR count). The van der Waals surface area contributed by atoms with Gasteiger partial charge in [0.05, 0.1) is 12.6 Å². The van der Waals surface area contributed by atoms with E-state index in [-0.39, 0.29) is 12.5 Å². The van der Waals surface area contributed by atoms with Crippen LogP contribution in [-0.2, 0) is 11.3 Å². The quantitative estimate of drug-likeness (QED) is 0.766. The van der Waals surface area contributed by atoms with E-state index in [0.29, 0.717) is 18.7 Å². The summed E-state index contributed by atoms with van der Waals surface area (Å²) in [6, 6.07) is 2.19. The van der Waals surface area contributed by atoms with Crippen LogP contribution in [0.15, 0.2) is 6.33 Å². The van der Waals surface area contributed by atoms with Crippen molar-refractivity contribution in [2.45, 2.75) is 46.1 Å². The number of hydrogen-bond donors (Lipinski definition) is 2. The summed E-state index contributed by atoms with van der Waals surface area (Å²) in [5.74, 6) is 0.369. The third-order valence-corrected chi connectivity index (χ3v) is 2.88. The van der Waals surface area contributed by atoms with Gasteiger partial charge in [-0.25, -0.2) is 4.98 Å². The van der Waals surface area contributed by atoms with Gasteiger partial charge in [-0.05, 0) is 12.8 Å². The highest BCUT2D eigenvalue weighted by atomic mass is 16.2. The Morgan fingerprint density at radius 1 is 1.50 bits per heavy atom. The fourth-order valence-corrected chi connectivity index (χ4v) is 2.02. The lowest BCUT2D eigenvalue weighted by atomic mass is 9.80. The van der Waals surface area contributed by atoms with Crippen LogP contribution in [0.25, 0.3) is 0 Å². The minimum Gasteiger partial charge on any atom is -0.347 e. The van der Waals surface area contributed by atoms with Crippen molar-refractivity contribution in [2.24, 2.45) is 5.41 Å². The predicted molar refractivity (Wildman–Crippen MR) is 66.1 cm³/mol. The molecule has 98 valence electrons. The molecule has 6 heteroatoms. The Balaban J connectivity index is 2.67. The monoisotopic (exact) mass is 249 g/mol. The van der Waals surface area contributed by atoms with Crippen molar-refractivity contribution in [3.05, 3.63) is 12.2 Å². The first kappa shape index (κ1) is 14.2. The van der Waals surface area contributed by atoms with Gasteiger partial charge >= 0.3 is 0 Å². The Labute approximate surface area is 107 Å². The first-order chi connectivity index (χ1) is 8.68. The van der Waals surface area contributed by atoms with E-state index in [1.54, 1.807) is 0 Å². The lowest BCUT2D eigenvalue weighted by Crippen LogP contribution is -2.40. The van der Waals surface area contributed by atoms with E-state index in [9.17, 15) is 10.1 Å². The van der Waals surface area contributed by atoms with Gasteiger partial charge in [0.25, 0.3) is 0 Å². The number of carbonyl (C=O) groups excluding carboxylic acids is 1. The number of amides is 1. The van der Waals surface area contributed by atoms with E-state index < -0.39 is 5.41 Å². The van der Waals surface area contributed by atoms with Crippen LogP contribution < -0.4 is 5.32 Å². The van der Waals surface area contributed by atoms with Crippen molar-refractivity contribution in [3.8, 4) is 6.07 Å². The number of hydrogen-bond acceptors (Lipinski definition) is 4. The number of nitrogens with one attached hydrogen (secondary N) is 2. The first-order valence-corrected chi connectivity index (χ1v) is 6.22. The number of aromatic nitrogens is 3. The second kappa shape index (κ2) is 6.74. The largest absolute Gasteiger partial charge is 0.347 e. The molecular formula is C12H19N5O. The van der Waals surface area contributed by atoms with Gasteiger partial charge in [0, 0.05) is 0 Å². The fraction of sp³-hybridized carbons (Fsp3) is 0.667. The zero-order chi connectivity index (χ0) is 13.4. The topological polar surface area (TPSA) is 94.5 Å². The SMILES string of the molecule is CCCC(C#N)(CCC)C(=O)NCc1ncn[nH]1. The highest BCUT2D eigenvalue weighted by molar-refractivity contribution is 5.85. The maximum atomic E-state index is 12.2. The minimum absolute atomic E-state index is 0.217. The van der Waals surface area contributed by atoms with Crippen LogP contribution in [0, 0.1) is 16.7 Å². The van der Waals surface area contributed by atoms with E-state index in [4.69, 9.17) is 0 Å². The number of nitriles is 1. The molecule has 0 spiro atoms. The number of rotatable bonds is 7. The molecule has 2 N–H and O–H groups in total. The Kier molecular flexibility index (Phi) is 5.31. The second-order valence-electron chi connectivity index (χ2n) is 4.31. The molecule has 0 aromatic carbocycles. The van der Waals surface area contributed by atoms with Gasteiger partial charge < -0.3 is 5.32 Å². The summed E-state index contributed by atoms with van der Waals surface area (Å²) in [5, 5.41) is 18.4.